The largest absolute Gasteiger partial charge is 0.481 e. The average Bonchev–Trinajstić information content (AvgIpc) is 2.97. The van der Waals surface area contributed by atoms with Gasteiger partial charge in [0, 0.05) is 25.6 Å². The molecule has 5 heteroatoms. The van der Waals surface area contributed by atoms with Crippen LogP contribution in [0.2, 0.25) is 0 Å². The molecule has 0 aliphatic carbocycles. The van der Waals surface area contributed by atoms with E-state index in [9.17, 15) is 9.59 Å². The molecule has 174 valence electrons. The van der Waals surface area contributed by atoms with Gasteiger partial charge in [-0.05, 0) is 64.5 Å². The zero-order chi connectivity index (χ0) is 22.9. The van der Waals surface area contributed by atoms with Gasteiger partial charge in [0.2, 0.25) is 0 Å². The summed E-state index contributed by atoms with van der Waals surface area (Å²) in [5.74, 6) is -1.42. The number of rotatable bonds is 9. The number of benzene rings is 1. The van der Waals surface area contributed by atoms with Gasteiger partial charge in [0.25, 0.3) is 0 Å². The Bertz CT molecular complexity index is 616. The van der Waals surface area contributed by atoms with Crippen LogP contribution in [-0.2, 0) is 14.3 Å². The second-order valence-corrected chi connectivity index (χ2v) is 8.26. The highest BCUT2D eigenvalue weighted by Crippen LogP contribution is 2.33. The molecule has 2 aliphatic rings. The summed E-state index contributed by atoms with van der Waals surface area (Å²) in [6, 6.07) is 11.0. The fourth-order valence-corrected chi connectivity index (χ4v) is 4.19. The van der Waals surface area contributed by atoms with Crippen molar-refractivity contribution in [1.82, 2.24) is 4.90 Å². The van der Waals surface area contributed by atoms with Crippen LogP contribution in [0.3, 0.4) is 0 Å². The highest BCUT2D eigenvalue weighted by atomic mass is 16.5. The van der Waals surface area contributed by atoms with Crippen LogP contribution in [0.1, 0.15) is 76.2 Å². The molecule has 1 aromatic carbocycles. The van der Waals surface area contributed by atoms with Crippen LogP contribution in [0.25, 0.3) is 0 Å². The number of unbranched alkanes of at least 4 members (excludes halogenated alkanes) is 3. The van der Waals surface area contributed by atoms with E-state index < -0.39 is 11.9 Å². The molecule has 2 bridgehead atoms. The number of allylic oxidation sites excluding steroid dienone is 2. The highest BCUT2D eigenvalue weighted by molar-refractivity contribution is 5.76. The molecule has 0 spiro atoms. The summed E-state index contributed by atoms with van der Waals surface area (Å²) < 4.78 is 4.84. The van der Waals surface area contributed by atoms with Crippen LogP contribution in [0, 0.1) is 0 Å². The normalized spacial score (nSPS) is 20.9. The zero-order valence-corrected chi connectivity index (χ0v) is 19.5. The number of piperidine rings is 1. The van der Waals surface area contributed by atoms with Gasteiger partial charge in [-0.1, -0.05) is 48.9 Å². The third-order valence-corrected chi connectivity index (χ3v) is 6.07. The minimum atomic E-state index is -0.854. The van der Waals surface area contributed by atoms with Crippen molar-refractivity contribution in [3.05, 3.63) is 48.0 Å². The lowest BCUT2D eigenvalue weighted by Gasteiger charge is -2.30. The van der Waals surface area contributed by atoms with Crippen LogP contribution in [0.4, 0.5) is 0 Å². The number of methoxy groups -OCH3 is 1. The van der Waals surface area contributed by atoms with Crippen molar-refractivity contribution < 1.29 is 19.4 Å². The van der Waals surface area contributed by atoms with Gasteiger partial charge in [-0.2, -0.15) is 0 Å². The number of carbonyl (C=O) groups excluding carboxylic acids is 1. The van der Waals surface area contributed by atoms with E-state index in [1.807, 2.05) is 31.2 Å². The van der Waals surface area contributed by atoms with Crippen molar-refractivity contribution in [2.75, 3.05) is 20.8 Å². The molecule has 2 saturated heterocycles. The molecule has 3 rings (SSSR count). The van der Waals surface area contributed by atoms with Crippen molar-refractivity contribution in [1.29, 1.82) is 0 Å². The molecular weight excluding hydrogens is 390 g/mol. The Morgan fingerprint density at radius 3 is 2.23 bits per heavy atom. The van der Waals surface area contributed by atoms with Crippen LogP contribution in [0.15, 0.2) is 42.5 Å². The molecule has 2 fully saturated rings. The summed E-state index contributed by atoms with van der Waals surface area (Å²) in [5.41, 5.74) is 0.775. The number of carboxylic acids is 1. The number of aldehydes is 1. The van der Waals surface area contributed by atoms with Gasteiger partial charge in [-0.25, -0.2) is 0 Å². The maximum atomic E-state index is 10.8. The molecule has 31 heavy (non-hydrogen) atoms. The monoisotopic (exact) mass is 431 g/mol. The van der Waals surface area contributed by atoms with Crippen LogP contribution < -0.4 is 0 Å². The summed E-state index contributed by atoms with van der Waals surface area (Å²) in [5, 5.41) is 8.88. The fraction of sp³-hybridized carbons (Fsp3) is 0.615. The summed E-state index contributed by atoms with van der Waals surface area (Å²) in [6.07, 6.45) is 16.5. The van der Waals surface area contributed by atoms with E-state index in [0.29, 0.717) is 0 Å². The predicted octanol–water partition coefficient (Wildman–Crippen LogP) is 5.46. The number of carbonyl (C=O) groups is 2. The van der Waals surface area contributed by atoms with Gasteiger partial charge >= 0.3 is 5.97 Å². The van der Waals surface area contributed by atoms with Gasteiger partial charge in [-0.15, -0.1) is 0 Å². The van der Waals surface area contributed by atoms with E-state index in [0.717, 1.165) is 49.6 Å². The lowest BCUT2D eigenvalue weighted by molar-refractivity contribution is -0.140. The minimum absolute atomic E-state index is 0.208. The van der Waals surface area contributed by atoms with E-state index in [1.54, 1.807) is 12.1 Å². The van der Waals surface area contributed by atoms with E-state index >= 15 is 0 Å². The summed E-state index contributed by atoms with van der Waals surface area (Å²) >= 11 is 0. The molecule has 0 aromatic heterocycles. The van der Waals surface area contributed by atoms with Crippen molar-refractivity contribution in [3.8, 4) is 0 Å². The van der Waals surface area contributed by atoms with Gasteiger partial charge in [-0.3, -0.25) is 4.79 Å². The Kier molecular flexibility index (Phi) is 14.6. The zero-order valence-electron chi connectivity index (χ0n) is 19.5. The van der Waals surface area contributed by atoms with E-state index in [-0.39, 0.29) is 6.61 Å². The maximum absolute atomic E-state index is 10.8. The second kappa shape index (κ2) is 16.7. The molecule has 1 aromatic rings. The molecule has 0 amide bonds. The van der Waals surface area contributed by atoms with Crippen LogP contribution >= 0.6 is 0 Å². The fourth-order valence-electron chi connectivity index (χ4n) is 4.19. The first-order valence-corrected chi connectivity index (χ1v) is 11.6. The first-order chi connectivity index (χ1) is 15.0. The quantitative estimate of drug-likeness (QED) is 0.320. The smallest absolute Gasteiger partial charge is 0.313 e. The van der Waals surface area contributed by atoms with Crippen molar-refractivity contribution in [3.63, 3.8) is 0 Å². The Balaban J connectivity index is 0.000000239. The summed E-state index contributed by atoms with van der Waals surface area (Å²) in [7, 11) is 3.79. The van der Waals surface area contributed by atoms with E-state index in [4.69, 9.17) is 9.84 Å². The molecule has 3 atom stereocenters. The Labute approximate surface area is 188 Å². The number of hydrogen-bond acceptors (Lipinski definition) is 4. The van der Waals surface area contributed by atoms with Gasteiger partial charge < -0.3 is 19.5 Å². The number of fused-ring (bicyclic) bond motifs is 2. The third-order valence-electron chi connectivity index (χ3n) is 6.07. The standard InChI is InChI=1S/C10H12O3.C8H15N.C8H14O/c1-13-7-9(10(11)12)8-5-3-2-4-6-8;1-9-7-3-2-4-8(9)6-5-7;1-2-3-4-5-6-7-8-9/h2-6,9H,7H2,1H3,(H,11,12);7-8H,2-6H2,1H3;2-3,8H,4-7H2,1H3/b;;3-2-. The topological polar surface area (TPSA) is 66.8 Å². The number of nitrogens with zero attached hydrogens (tertiary/aromatic N) is 1. The average molecular weight is 432 g/mol. The van der Waals surface area contributed by atoms with Gasteiger partial charge in [0.05, 0.1) is 6.61 Å². The van der Waals surface area contributed by atoms with E-state index in [1.165, 1.54) is 39.2 Å². The number of aliphatic carboxylic acids is 1. The molecular formula is C26H41NO4. The van der Waals surface area contributed by atoms with Gasteiger partial charge in [0.15, 0.2) is 0 Å². The SMILES string of the molecule is C/C=C\CCCCC=O.CN1C2CCCC1CC2.COCC(C(=O)O)c1ccccc1. The minimum Gasteiger partial charge on any atom is -0.481 e. The van der Waals surface area contributed by atoms with E-state index in [2.05, 4.69) is 18.0 Å². The first kappa shape index (κ1) is 27.1. The Hall–Kier alpha value is -1.98. The van der Waals surface area contributed by atoms with Crippen molar-refractivity contribution in [2.45, 2.75) is 82.7 Å². The Morgan fingerprint density at radius 1 is 1.13 bits per heavy atom. The predicted molar refractivity (Wildman–Crippen MR) is 126 cm³/mol. The third kappa shape index (κ3) is 10.7. The maximum Gasteiger partial charge on any atom is 0.313 e. The van der Waals surface area contributed by atoms with Crippen molar-refractivity contribution >= 4 is 12.3 Å². The number of carboxylic acid groups (broad SMARTS) is 1. The molecule has 0 radical (unpaired) electrons. The molecule has 3 unspecified atom stereocenters. The number of hydrogen-bond donors (Lipinski definition) is 1. The van der Waals surface area contributed by atoms with Crippen molar-refractivity contribution in [2.24, 2.45) is 0 Å². The first-order valence-electron chi connectivity index (χ1n) is 11.6. The second-order valence-electron chi connectivity index (χ2n) is 8.26. The molecule has 5 nitrogen and oxygen atoms in total. The summed E-state index contributed by atoms with van der Waals surface area (Å²) in [4.78, 5) is 23.2. The lowest BCUT2D eigenvalue weighted by atomic mass is 10.0. The molecule has 1 N–H and O–H groups in total. The summed E-state index contributed by atoms with van der Waals surface area (Å²) in [6.45, 7) is 2.22. The van der Waals surface area contributed by atoms with Crippen LogP contribution in [-0.4, -0.2) is 55.1 Å². The van der Waals surface area contributed by atoms with Crippen LogP contribution in [0.5, 0.6) is 0 Å². The lowest BCUT2D eigenvalue weighted by Crippen LogP contribution is -2.35. The van der Waals surface area contributed by atoms with Gasteiger partial charge in [0.1, 0.15) is 12.2 Å². The highest BCUT2D eigenvalue weighted by Gasteiger charge is 2.33. The number of ether oxygens (including phenoxy) is 1. The molecule has 2 aliphatic heterocycles. The molecule has 2 heterocycles. The Morgan fingerprint density at radius 2 is 1.74 bits per heavy atom. The molecule has 0 saturated carbocycles.